The molecule has 10 heteroatoms. The lowest BCUT2D eigenvalue weighted by molar-refractivity contribution is -0.113. The Kier molecular flexibility index (Phi) is 8.32. The molecule has 1 aliphatic rings. The predicted octanol–water partition coefficient (Wildman–Crippen LogP) is 6.87. The fourth-order valence-electron chi connectivity index (χ4n) is 4.61. The van der Waals surface area contributed by atoms with Crippen LogP contribution in [0.25, 0.3) is 0 Å². The number of halogens is 1. The van der Waals surface area contributed by atoms with E-state index in [0.717, 1.165) is 16.7 Å². The molecule has 0 spiro atoms. The molecule has 0 radical (unpaired) electrons. The number of fused-ring (bicyclic) bond motifs is 1. The predicted molar refractivity (Wildman–Crippen MR) is 159 cm³/mol. The van der Waals surface area contributed by atoms with Crippen LogP contribution in [0.15, 0.2) is 83.2 Å². The molecule has 40 heavy (non-hydrogen) atoms. The molecule has 1 unspecified atom stereocenters. The van der Waals surface area contributed by atoms with Gasteiger partial charge >= 0.3 is 0 Å². The molecular weight excluding hydrogens is 546 g/mol. The zero-order valence-electron chi connectivity index (χ0n) is 22.7. The third kappa shape index (κ3) is 5.80. The lowest BCUT2D eigenvalue weighted by Gasteiger charge is -2.29. The van der Waals surface area contributed by atoms with Crippen molar-refractivity contribution in [3.8, 4) is 11.5 Å². The maximum Gasteiger partial charge on any atom is 0.255 e. The van der Waals surface area contributed by atoms with Crippen molar-refractivity contribution in [1.82, 2.24) is 14.8 Å². The minimum absolute atomic E-state index is 0.235. The number of hydrogen-bond acceptors (Lipinski definition) is 7. The summed E-state index contributed by atoms with van der Waals surface area (Å²) in [4.78, 5) is 18.6. The molecule has 3 aromatic carbocycles. The maximum atomic E-state index is 13.8. The van der Waals surface area contributed by atoms with Gasteiger partial charge in [0.15, 0.2) is 11.5 Å². The molecule has 0 saturated heterocycles. The highest BCUT2D eigenvalue weighted by molar-refractivity contribution is 7.98. The molecule has 1 atom stereocenters. The van der Waals surface area contributed by atoms with Crippen molar-refractivity contribution in [2.75, 3.05) is 24.4 Å². The number of nitrogens with zero attached hydrogens (tertiary/aromatic N) is 3. The van der Waals surface area contributed by atoms with Crippen LogP contribution in [0.4, 0.5) is 11.6 Å². The Morgan fingerprint density at radius 1 is 1.10 bits per heavy atom. The second-order valence-corrected chi connectivity index (χ2v) is 10.6. The first-order valence-electron chi connectivity index (χ1n) is 12.9. The van der Waals surface area contributed by atoms with E-state index < -0.39 is 6.04 Å². The number of carbonyl (C=O) groups is 1. The molecule has 8 nitrogen and oxygen atoms in total. The van der Waals surface area contributed by atoms with Crippen LogP contribution in [-0.2, 0) is 10.5 Å². The SMILES string of the molecule is CCOc1cc(C2C(C(=O)Nc3cccc(C)c3)=C(C)Nc3nc(SCc4ccccc4Cl)nn32)ccc1OC. The van der Waals surface area contributed by atoms with Crippen LogP contribution in [0.5, 0.6) is 11.5 Å². The largest absolute Gasteiger partial charge is 0.493 e. The zero-order valence-corrected chi connectivity index (χ0v) is 24.3. The van der Waals surface area contributed by atoms with Gasteiger partial charge in [0.1, 0.15) is 6.04 Å². The zero-order chi connectivity index (χ0) is 28.2. The lowest BCUT2D eigenvalue weighted by atomic mass is 9.94. The first-order valence-corrected chi connectivity index (χ1v) is 14.2. The Morgan fingerprint density at radius 3 is 2.67 bits per heavy atom. The number of amides is 1. The van der Waals surface area contributed by atoms with Gasteiger partial charge in [-0.1, -0.05) is 59.8 Å². The highest BCUT2D eigenvalue weighted by Gasteiger charge is 2.35. The van der Waals surface area contributed by atoms with Crippen LogP contribution in [-0.4, -0.2) is 34.4 Å². The van der Waals surface area contributed by atoms with Gasteiger partial charge in [-0.3, -0.25) is 4.79 Å². The molecule has 1 aliphatic heterocycles. The average Bonchev–Trinajstić information content (AvgIpc) is 3.34. The number of ether oxygens (including phenoxy) is 2. The molecule has 4 aromatic rings. The number of aryl methyl sites for hydroxylation is 1. The number of rotatable bonds is 9. The number of thioether (sulfide) groups is 1. The molecule has 1 aromatic heterocycles. The quantitative estimate of drug-likeness (QED) is 0.210. The Morgan fingerprint density at radius 2 is 1.93 bits per heavy atom. The number of aromatic nitrogens is 3. The Hall–Kier alpha value is -3.95. The third-order valence-corrected chi connectivity index (χ3v) is 7.73. The first-order chi connectivity index (χ1) is 19.4. The van der Waals surface area contributed by atoms with Crippen LogP contribution >= 0.6 is 23.4 Å². The maximum absolute atomic E-state index is 13.8. The summed E-state index contributed by atoms with van der Waals surface area (Å²) in [5, 5.41) is 12.5. The van der Waals surface area contributed by atoms with Crippen LogP contribution < -0.4 is 20.1 Å². The molecule has 2 heterocycles. The summed E-state index contributed by atoms with van der Waals surface area (Å²) in [6, 6.07) is 20.5. The average molecular weight is 576 g/mol. The number of anilines is 2. The fraction of sp³-hybridized carbons (Fsp3) is 0.233. The van der Waals surface area contributed by atoms with Gasteiger partial charge in [-0.15, -0.1) is 5.10 Å². The van der Waals surface area contributed by atoms with E-state index in [1.165, 1.54) is 11.8 Å². The molecule has 0 saturated carbocycles. The van der Waals surface area contributed by atoms with Crippen LogP contribution in [0.3, 0.4) is 0 Å². The topological polar surface area (TPSA) is 90.3 Å². The summed E-state index contributed by atoms with van der Waals surface area (Å²) >= 11 is 7.84. The lowest BCUT2D eigenvalue weighted by Crippen LogP contribution is -2.31. The Labute approximate surface area is 242 Å². The highest BCUT2D eigenvalue weighted by Crippen LogP contribution is 2.40. The van der Waals surface area contributed by atoms with Gasteiger partial charge in [0.05, 0.1) is 19.3 Å². The minimum atomic E-state index is -0.562. The highest BCUT2D eigenvalue weighted by atomic mass is 35.5. The van der Waals surface area contributed by atoms with Gasteiger partial charge in [0, 0.05) is 22.2 Å². The number of benzene rings is 3. The van der Waals surface area contributed by atoms with E-state index in [-0.39, 0.29) is 5.91 Å². The molecule has 2 N–H and O–H groups in total. The monoisotopic (exact) mass is 575 g/mol. The number of nitrogens with one attached hydrogen (secondary N) is 2. The van der Waals surface area contributed by atoms with E-state index in [0.29, 0.717) is 56.9 Å². The van der Waals surface area contributed by atoms with E-state index in [2.05, 4.69) is 10.6 Å². The van der Waals surface area contributed by atoms with Crippen LogP contribution in [0.1, 0.15) is 36.6 Å². The van der Waals surface area contributed by atoms with Crippen LogP contribution in [0.2, 0.25) is 5.02 Å². The van der Waals surface area contributed by atoms with Gasteiger partial charge in [0.2, 0.25) is 11.1 Å². The third-order valence-electron chi connectivity index (χ3n) is 6.47. The number of carbonyl (C=O) groups excluding carboxylic acids is 1. The molecule has 5 rings (SSSR count). The standard InChI is InChI=1S/C30H30ClN5O3S/c1-5-39-25-16-20(13-14-24(25)38-4)27-26(28(37)33-22-11-8-9-18(2)15-22)19(3)32-29-34-30(35-36(27)29)40-17-21-10-6-7-12-23(21)31/h6-16,27H,5,17H2,1-4H3,(H,33,37)(H,32,34,35). The fourth-order valence-corrected chi connectivity index (χ4v) is 5.72. The molecule has 0 aliphatic carbocycles. The first kappa shape index (κ1) is 27.6. The summed E-state index contributed by atoms with van der Waals surface area (Å²) in [6.07, 6.45) is 0. The number of hydrogen-bond donors (Lipinski definition) is 2. The van der Waals surface area contributed by atoms with Gasteiger partial charge in [-0.05, 0) is 67.8 Å². The molecule has 0 fully saturated rings. The molecule has 206 valence electrons. The molecule has 0 bridgehead atoms. The molecule has 1 amide bonds. The van der Waals surface area contributed by atoms with E-state index in [1.54, 1.807) is 11.8 Å². The normalized spacial score (nSPS) is 14.4. The second kappa shape index (κ2) is 12.1. The molecular formula is C30H30ClN5O3S. The van der Waals surface area contributed by atoms with Gasteiger partial charge in [-0.2, -0.15) is 4.98 Å². The van der Waals surface area contributed by atoms with Crippen molar-refractivity contribution < 1.29 is 14.3 Å². The van der Waals surface area contributed by atoms with E-state index in [4.69, 9.17) is 31.2 Å². The Bertz CT molecular complexity index is 1590. The smallest absolute Gasteiger partial charge is 0.255 e. The van der Waals surface area contributed by atoms with Crippen LogP contribution in [0, 0.1) is 6.92 Å². The summed E-state index contributed by atoms with van der Waals surface area (Å²) in [7, 11) is 1.60. The number of allylic oxidation sites excluding steroid dienone is 1. The second-order valence-electron chi connectivity index (χ2n) is 9.28. The van der Waals surface area contributed by atoms with Crippen molar-refractivity contribution in [3.63, 3.8) is 0 Å². The van der Waals surface area contributed by atoms with E-state index in [1.807, 2.05) is 87.5 Å². The van der Waals surface area contributed by atoms with Gasteiger partial charge in [-0.25, -0.2) is 4.68 Å². The van der Waals surface area contributed by atoms with Crippen molar-refractivity contribution >= 4 is 40.9 Å². The van der Waals surface area contributed by atoms with E-state index >= 15 is 0 Å². The van der Waals surface area contributed by atoms with Crippen molar-refractivity contribution in [3.05, 3.63) is 99.7 Å². The Balaban J connectivity index is 1.54. The summed E-state index contributed by atoms with van der Waals surface area (Å²) in [5.41, 5.74) is 4.79. The summed E-state index contributed by atoms with van der Waals surface area (Å²) < 4.78 is 13.1. The number of methoxy groups -OCH3 is 1. The van der Waals surface area contributed by atoms with Gasteiger partial charge in [0.25, 0.3) is 5.91 Å². The van der Waals surface area contributed by atoms with E-state index in [9.17, 15) is 4.79 Å². The summed E-state index contributed by atoms with van der Waals surface area (Å²) in [6.45, 7) is 6.25. The van der Waals surface area contributed by atoms with Crippen molar-refractivity contribution in [2.45, 2.75) is 37.7 Å². The summed E-state index contributed by atoms with van der Waals surface area (Å²) in [5.74, 6) is 2.12. The van der Waals surface area contributed by atoms with Crippen molar-refractivity contribution in [2.24, 2.45) is 0 Å². The van der Waals surface area contributed by atoms with Crippen molar-refractivity contribution in [1.29, 1.82) is 0 Å². The van der Waals surface area contributed by atoms with Gasteiger partial charge < -0.3 is 20.1 Å². The minimum Gasteiger partial charge on any atom is -0.493 e.